The Balaban J connectivity index is 1.28. The molecule has 1 aromatic carbocycles. The molecule has 3 fully saturated rings. The summed E-state index contributed by atoms with van der Waals surface area (Å²) in [5.41, 5.74) is 2.74. The van der Waals surface area contributed by atoms with Crippen LogP contribution in [0, 0.1) is 24.7 Å². The second-order valence-corrected chi connectivity index (χ2v) is 8.14. The van der Waals surface area contributed by atoms with E-state index in [1.54, 1.807) is 0 Å². The maximum atomic E-state index is 12.8. The van der Waals surface area contributed by atoms with E-state index in [2.05, 4.69) is 31.2 Å². The molecule has 4 rings (SSSR count). The Morgan fingerprint density at radius 1 is 0.960 bits per heavy atom. The molecule has 1 aliphatic carbocycles. The lowest BCUT2D eigenvalue weighted by Gasteiger charge is -2.43. The summed E-state index contributed by atoms with van der Waals surface area (Å²) in [5, 5.41) is 0. The molecule has 4 nitrogen and oxygen atoms in total. The van der Waals surface area contributed by atoms with Gasteiger partial charge in [-0.1, -0.05) is 24.3 Å². The SMILES string of the molecule is Cc1ccccc1CC1CN(C(=O)[C@@H]2CCCN(C(=O)C3CC3)C2)C1. The van der Waals surface area contributed by atoms with Gasteiger partial charge in [-0.05, 0) is 56.1 Å². The number of hydrogen-bond acceptors (Lipinski definition) is 2. The van der Waals surface area contributed by atoms with E-state index in [-0.39, 0.29) is 17.7 Å². The molecule has 4 heteroatoms. The Bertz CT molecular complexity index is 662. The van der Waals surface area contributed by atoms with Crippen LogP contribution >= 0.6 is 0 Å². The van der Waals surface area contributed by atoms with Crippen LogP contribution in [0.3, 0.4) is 0 Å². The van der Waals surface area contributed by atoms with E-state index in [1.807, 2.05) is 9.80 Å². The Hall–Kier alpha value is -1.84. The average molecular weight is 340 g/mol. The number of nitrogens with zero attached hydrogens (tertiary/aromatic N) is 2. The molecule has 2 amide bonds. The van der Waals surface area contributed by atoms with Gasteiger partial charge in [-0.15, -0.1) is 0 Å². The lowest BCUT2D eigenvalue weighted by atomic mass is 9.88. The molecule has 0 bridgehead atoms. The minimum atomic E-state index is 0.0239. The molecule has 0 spiro atoms. The molecular weight excluding hydrogens is 312 g/mol. The molecule has 2 saturated heterocycles. The summed E-state index contributed by atoms with van der Waals surface area (Å²) in [6, 6.07) is 8.53. The van der Waals surface area contributed by atoms with Crippen molar-refractivity contribution in [3.63, 3.8) is 0 Å². The van der Waals surface area contributed by atoms with Crippen molar-refractivity contribution < 1.29 is 9.59 Å². The summed E-state index contributed by atoms with van der Waals surface area (Å²) in [6.45, 7) is 5.40. The highest BCUT2D eigenvalue weighted by molar-refractivity contribution is 5.84. The Morgan fingerprint density at radius 2 is 1.68 bits per heavy atom. The largest absolute Gasteiger partial charge is 0.342 e. The van der Waals surface area contributed by atoms with Crippen molar-refractivity contribution in [2.75, 3.05) is 26.2 Å². The number of amides is 2. The highest BCUT2D eigenvalue weighted by atomic mass is 16.2. The first-order valence-electron chi connectivity index (χ1n) is 9.74. The summed E-state index contributed by atoms with van der Waals surface area (Å²) < 4.78 is 0. The first kappa shape index (κ1) is 16.6. The fourth-order valence-corrected chi connectivity index (χ4v) is 4.25. The number of carbonyl (C=O) groups is 2. The predicted molar refractivity (Wildman–Crippen MR) is 97.0 cm³/mol. The first-order valence-corrected chi connectivity index (χ1v) is 9.74. The summed E-state index contributed by atoms with van der Waals surface area (Å²) in [6.07, 6.45) is 5.05. The zero-order chi connectivity index (χ0) is 17.4. The monoisotopic (exact) mass is 340 g/mol. The van der Waals surface area contributed by atoms with E-state index in [1.165, 1.54) is 11.1 Å². The van der Waals surface area contributed by atoms with E-state index in [0.29, 0.717) is 18.4 Å². The van der Waals surface area contributed by atoms with Crippen LogP contribution in [-0.4, -0.2) is 47.8 Å². The maximum absolute atomic E-state index is 12.8. The summed E-state index contributed by atoms with van der Waals surface area (Å²) in [5.74, 6) is 1.43. The molecule has 1 aromatic rings. The number of benzene rings is 1. The number of likely N-dealkylation sites (tertiary alicyclic amines) is 2. The van der Waals surface area contributed by atoms with Crippen molar-refractivity contribution in [1.29, 1.82) is 0 Å². The maximum Gasteiger partial charge on any atom is 0.227 e. The fraction of sp³-hybridized carbons (Fsp3) is 0.619. The van der Waals surface area contributed by atoms with Crippen molar-refractivity contribution in [1.82, 2.24) is 9.80 Å². The average Bonchev–Trinajstić information content (AvgIpc) is 3.43. The summed E-state index contributed by atoms with van der Waals surface area (Å²) in [4.78, 5) is 29.0. The van der Waals surface area contributed by atoms with Gasteiger partial charge in [0.25, 0.3) is 0 Å². The van der Waals surface area contributed by atoms with E-state index in [0.717, 1.165) is 51.7 Å². The molecule has 134 valence electrons. The zero-order valence-electron chi connectivity index (χ0n) is 15.1. The van der Waals surface area contributed by atoms with E-state index in [4.69, 9.17) is 0 Å². The van der Waals surface area contributed by atoms with Gasteiger partial charge in [0.05, 0.1) is 5.92 Å². The highest BCUT2D eigenvalue weighted by Crippen LogP contribution is 2.33. The van der Waals surface area contributed by atoms with Crippen molar-refractivity contribution in [3.05, 3.63) is 35.4 Å². The Morgan fingerprint density at radius 3 is 2.40 bits per heavy atom. The van der Waals surface area contributed by atoms with Crippen LogP contribution in [0.5, 0.6) is 0 Å². The molecule has 1 saturated carbocycles. The van der Waals surface area contributed by atoms with Gasteiger partial charge >= 0.3 is 0 Å². The number of piperidine rings is 1. The molecular formula is C21H28N2O2. The smallest absolute Gasteiger partial charge is 0.227 e. The first-order chi connectivity index (χ1) is 12.1. The number of aryl methyl sites for hydroxylation is 1. The molecule has 3 aliphatic rings. The van der Waals surface area contributed by atoms with Crippen LogP contribution in [0.2, 0.25) is 0 Å². The molecule has 2 heterocycles. The van der Waals surface area contributed by atoms with Gasteiger partial charge in [0.1, 0.15) is 0 Å². The van der Waals surface area contributed by atoms with E-state index in [9.17, 15) is 9.59 Å². The molecule has 0 unspecified atom stereocenters. The molecule has 0 N–H and O–H groups in total. The molecule has 2 aliphatic heterocycles. The minimum Gasteiger partial charge on any atom is -0.342 e. The second kappa shape index (κ2) is 6.81. The summed E-state index contributed by atoms with van der Waals surface area (Å²) >= 11 is 0. The standard InChI is InChI=1S/C21H28N2O2/c1-15-5-2-3-6-18(15)11-16-12-23(13-16)21(25)19-7-4-10-22(14-19)20(24)17-8-9-17/h2-3,5-6,16-17,19H,4,7-14H2,1H3/t19-/m1/s1. The van der Waals surface area contributed by atoms with E-state index < -0.39 is 0 Å². The van der Waals surface area contributed by atoms with Crippen LogP contribution in [0.1, 0.15) is 36.8 Å². The van der Waals surface area contributed by atoms with Crippen molar-refractivity contribution in [2.24, 2.45) is 17.8 Å². The topological polar surface area (TPSA) is 40.6 Å². The van der Waals surface area contributed by atoms with Crippen LogP contribution in [0.15, 0.2) is 24.3 Å². The third-order valence-electron chi connectivity index (χ3n) is 6.05. The van der Waals surface area contributed by atoms with Crippen molar-refractivity contribution >= 4 is 11.8 Å². The van der Waals surface area contributed by atoms with Gasteiger partial charge < -0.3 is 9.80 Å². The van der Waals surface area contributed by atoms with Gasteiger partial charge in [-0.25, -0.2) is 0 Å². The minimum absolute atomic E-state index is 0.0239. The lowest BCUT2D eigenvalue weighted by molar-refractivity contribution is -0.146. The zero-order valence-corrected chi connectivity index (χ0v) is 15.1. The van der Waals surface area contributed by atoms with Gasteiger partial charge in [0, 0.05) is 32.1 Å². The molecule has 25 heavy (non-hydrogen) atoms. The van der Waals surface area contributed by atoms with Gasteiger partial charge in [-0.3, -0.25) is 9.59 Å². The summed E-state index contributed by atoms with van der Waals surface area (Å²) in [7, 11) is 0. The van der Waals surface area contributed by atoms with Crippen LogP contribution in [0.4, 0.5) is 0 Å². The molecule has 0 aromatic heterocycles. The van der Waals surface area contributed by atoms with E-state index >= 15 is 0 Å². The van der Waals surface area contributed by atoms with Crippen LogP contribution in [-0.2, 0) is 16.0 Å². The number of carbonyl (C=O) groups excluding carboxylic acids is 2. The molecule has 0 radical (unpaired) electrons. The lowest BCUT2D eigenvalue weighted by Crippen LogP contribution is -2.55. The Labute approximate surface area is 150 Å². The third-order valence-corrected chi connectivity index (χ3v) is 6.05. The van der Waals surface area contributed by atoms with Gasteiger partial charge in [0.2, 0.25) is 11.8 Å². The molecule has 1 atom stereocenters. The predicted octanol–water partition coefficient (Wildman–Crippen LogP) is 2.64. The third kappa shape index (κ3) is 3.58. The van der Waals surface area contributed by atoms with Crippen molar-refractivity contribution in [2.45, 2.75) is 39.0 Å². The Kier molecular flexibility index (Phi) is 4.53. The number of rotatable bonds is 4. The number of hydrogen-bond donors (Lipinski definition) is 0. The normalized spacial score (nSPS) is 24.1. The van der Waals surface area contributed by atoms with Gasteiger partial charge in [-0.2, -0.15) is 0 Å². The van der Waals surface area contributed by atoms with Crippen LogP contribution < -0.4 is 0 Å². The quantitative estimate of drug-likeness (QED) is 0.845. The van der Waals surface area contributed by atoms with Crippen molar-refractivity contribution in [3.8, 4) is 0 Å². The van der Waals surface area contributed by atoms with Crippen LogP contribution in [0.25, 0.3) is 0 Å². The highest BCUT2D eigenvalue weighted by Gasteiger charge is 2.39. The fourth-order valence-electron chi connectivity index (χ4n) is 4.25. The second-order valence-electron chi connectivity index (χ2n) is 8.14. The van der Waals surface area contributed by atoms with Gasteiger partial charge in [0.15, 0.2) is 0 Å².